The van der Waals surface area contributed by atoms with Crippen LogP contribution in [0.1, 0.15) is 45.7 Å². The summed E-state index contributed by atoms with van der Waals surface area (Å²) in [5, 5.41) is 13.6. The molecule has 23 heavy (non-hydrogen) atoms. The molecular formula is C17H28N2O3S. The van der Waals surface area contributed by atoms with Crippen LogP contribution in [-0.2, 0) is 10.0 Å². The largest absolute Gasteiger partial charge is 0.389 e. The summed E-state index contributed by atoms with van der Waals surface area (Å²) in [5.74, 6) is 0.404. The summed E-state index contributed by atoms with van der Waals surface area (Å²) in [5.41, 5.74) is 1.05. The second-order valence-electron chi connectivity index (χ2n) is 6.95. The van der Waals surface area contributed by atoms with E-state index in [2.05, 4.69) is 5.32 Å². The highest BCUT2D eigenvalue weighted by molar-refractivity contribution is 7.93. The van der Waals surface area contributed by atoms with Crippen molar-refractivity contribution in [2.45, 2.75) is 45.8 Å². The smallest absolute Gasteiger partial charge is 0.235 e. The Bertz CT molecular complexity index is 624. The molecule has 0 saturated carbocycles. The molecule has 1 aromatic carbocycles. The number of hydrogen-bond donors (Lipinski definition) is 2. The maximum absolute atomic E-state index is 11.9. The van der Waals surface area contributed by atoms with Crippen molar-refractivity contribution in [2.24, 2.45) is 5.92 Å². The number of aliphatic hydroxyl groups is 1. The van der Waals surface area contributed by atoms with Crippen LogP contribution in [-0.4, -0.2) is 38.0 Å². The van der Waals surface area contributed by atoms with Crippen LogP contribution in [0.25, 0.3) is 0 Å². The van der Waals surface area contributed by atoms with Gasteiger partial charge in [-0.2, -0.15) is 0 Å². The molecule has 0 aliphatic carbocycles. The average molecular weight is 340 g/mol. The molecule has 1 aromatic rings. The van der Waals surface area contributed by atoms with Gasteiger partial charge < -0.3 is 10.4 Å². The summed E-state index contributed by atoms with van der Waals surface area (Å²) < 4.78 is 25.4. The first kappa shape index (κ1) is 18.2. The van der Waals surface area contributed by atoms with Crippen LogP contribution in [0.2, 0.25) is 0 Å². The molecule has 2 atom stereocenters. The highest BCUT2D eigenvalue weighted by Crippen LogP contribution is 2.26. The fourth-order valence-electron chi connectivity index (χ4n) is 2.54. The number of nitrogens with one attached hydrogen (secondary N) is 1. The van der Waals surface area contributed by atoms with Crippen molar-refractivity contribution in [3.63, 3.8) is 0 Å². The van der Waals surface area contributed by atoms with Crippen molar-refractivity contribution >= 4 is 15.7 Å². The van der Waals surface area contributed by atoms with Crippen LogP contribution >= 0.6 is 0 Å². The van der Waals surface area contributed by atoms with Crippen molar-refractivity contribution in [3.05, 3.63) is 29.8 Å². The lowest BCUT2D eigenvalue weighted by atomic mass is 9.92. The molecule has 1 aliphatic rings. The van der Waals surface area contributed by atoms with E-state index in [0.29, 0.717) is 19.5 Å². The maximum atomic E-state index is 11.9. The van der Waals surface area contributed by atoms with Gasteiger partial charge in [0, 0.05) is 19.1 Å². The molecular weight excluding hydrogens is 312 g/mol. The zero-order valence-electron chi connectivity index (χ0n) is 14.4. The van der Waals surface area contributed by atoms with Gasteiger partial charge in [0.05, 0.1) is 17.0 Å². The minimum Gasteiger partial charge on any atom is -0.389 e. The third-order valence-corrected chi connectivity index (χ3v) is 6.66. The molecule has 0 radical (unpaired) electrons. The van der Waals surface area contributed by atoms with Gasteiger partial charge in [-0.25, -0.2) is 8.42 Å². The van der Waals surface area contributed by atoms with Gasteiger partial charge in [-0.3, -0.25) is 4.31 Å². The summed E-state index contributed by atoms with van der Waals surface area (Å²) in [6.45, 7) is 8.94. The van der Waals surface area contributed by atoms with E-state index in [1.165, 1.54) is 4.31 Å². The first-order valence-corrected chi connectivity index (χ1v) is 9.80. The molecule has 0 spiro atoms. The van der Waals surface area contributed by atoms with Gasteiger partial charge in [-0.05, 0) is 43.9 Å². The van der Waals surface area contributed by atoms with Gasteiger partial charge in [0.25, 0.3) is 0 Å². The third kappa shape index (κ3) is 4.25. The molecule has 2 N–H and O–H groups in total. The Balaban J connectivity index is 2.02. The Morgan fingerprint density at radius 1 is 1.26 bits per heavy atom. The Morgan fingerprint density at radius 3 is 2.35 bits per heavy atom. The molecule has 2 rings (SSSR count). The molecule has 6 heteroatoms. The van der Waals surface area contributed by atoms with Crippen molar-refractivity contribution in [3.8, 4) is 0 Å². The number of hydrogen-bond acceptors (Lipinski definition) is 4. The SMILES string of the molecule is CC(NCC(C)(O)C(C)C)c1ccc(N2CCCS2(=O)=O)cc1. The second kappa shape index (κ2) is 6.79. The molecule has 130 valence electrons. The van der Waals surface area contributed by atoms with E-state index < -0.39 is 15.6 Å². The average Bonchev–Trinajstić information content (AvgIpc) is 2.84. The van der Waals surface area contributed by atoms with E-state index in [-0.39, 0.29) is 17.7 Å². The van der Waals surface area contributed by atoms with E-state index in [1.54, 1.807) is 0 Å². The van der Waals surface area contributed by atoms with E-state index in [4.69, 9.17) is 0 Å². The standard InChI is InChI=1S/C17H28N2O3S/c1-13(2)17(4,20)12-18-14(3)15-6-8-16(9-7-15)19-10-5-11-23(19,21)22/h6-9,13-14,18,20H,5,10-12H2,1-4H3. The zero-order chi connectivity index (χ0) is 17.3. The van der Waals surface area contributed by atoms with Gasteiger partial charge in [0.1, 0.15) is 0 Å². The van der Waals surface area contributed by atoms with E-state index >= 15 is 0 Å². The fraction of sp³-hybridized carbons (Fsp3) is 0.647. The molecule has 0 aromatic heterocycles. The first-order valence-electron chi connectivity index (χ1n) is 8.19. The van der Waals surface area contributed by atoms with Gasteiger partial charge in [0.15, 0.2) is 0 Å². The van der Waals surface area contributed by atoms with Gasteiger partial charge in [0.2, 0.25) is 10.0 Å². The van der Waals surface area contributed by atoms with Crippen molar-refractivity contribution in [1.29, 1.82) is 0 Å². The second-order valence-corrected chi connectivity index (χ2v) is 8.96. The third-order valence-electron chi connectivity index (χ3n) is 4.79. The molecule has 1 heterocycles. The number of anilines is 1. The summed E-state index contributed by atoms with van der Waals surface area (Å²) in [4.78, 5) is 0. The minimum atomic E-state index is -3.13. The van der Waals surface area contributed by atoms with E-state index in [0.717, 1.165) is 11.3 Å². The van der Waals surface area contributed by atoms with Crippen LogP contribution in [0, 0.1) is 5.92 Å². The van der Waals surface area contributed by atoms with Gasteiger partial charge in [-0.1, -0.05) is 26.0 Å². The topological polar surface area (TPSA) is 69.6 Å². The Morgan fingerprint density at radius 2 is 1.87 bits per heavy atom. The predicted molar refractivity (Wildman–Crippen MR) is 94.1 cm³/mol. The summed E-state index contributed by atoms with van der Waals surface area (Å²) >= 11 is 0. The van der Waals surface area contributed by atoms with Crippen LogP contribution in [0.3, 0.4) is 0 Å². The normalized spacial score (nSPS) is 21.4. The lowest BCUT2D eigenvalue weighted by Gasteiger charge is -2.30. The Hall–Kier alpha value is -1.11. The van der Waals surface area contributed by atoms with E-state index in [9.17, 15) is 13.5 Å². The number of rotatable bonds is 6. The molecule has 1 saturated heterocycles. The highest BCUT2D eigenvalue weighted by Gasteiger charge is 2.28. The number of benzene rings is 1. The van der Waals surface area contributed by atoms with Crippen LogP contribution < -0.4 is 9.62 Å². The van der Waals surface area contributed by atoms with Gasteiger partial charge >= 0.3 is 0 Å². The van der Waals surface area contributed by atoms with Crippen molar-refractivity contribution in [1.82, 2.24) is 5.32 Å². The number of sulfonamides is 1. The maximum Gasteiger partial charge on any atom is 0.235 e. The zero-order valence-corrected chi connectivity index (χ0v) is 15.2. The predicted octanol–water partition coefficient (Wildman–Crippen LogP) is 2.28. The Kier molecular flexibility index (Phi) is 5.38. The molecule has 1 fully saturated rings. The molecule has 1 aliphatic heterocycles. The molecule has 0 amide bonds. The van der Waals surface area contributed by atoms with Gasteiger partial charge in [-0.15, -0.1) is 0 Å². The summed E-state index contributed by atoms with van der Waals surface area (Å²) in [7, 11) is -3.13. The molecule has 5 nitrogen and oxygen atoms in total. The highest BCUT2D eigenvalue weighted by atomic mass is 32.2. The summed E-state index contributed by atoms with van der Waals surface area (Å²) in [6, 6.07) is 7.70. The summed E-state index contributed by atoms with van der Waals surface area (Å²) in [6.07, 6.45) is 0.687. The molecule has 2 unspecified atom stereocenters. The van der Waals surface area contributed by atoms with Crippen LogP contribution in [0.5, 0.6) is 0 Å². The first-order chi connectivity index (χ1) is 10.6. The fourth-order valence-corrected chi connectivity index (χ4v) is 4.10. The molecule has 0 bridgehead atoms. The van der Waals surface area contributed by atoms with Crippen LogP contribution in [0.4, 0.5) is 5.69 Å². The van der Waals surface area contributed by atoms with Crippen molar-refractivity contribution < 1.29 is 13.5 Å². The number of nitrogens with zero attached hydrogens (tertiary/aromatic N) is 1. The quantitative estimate of drug-likeness (QED) is 0.833. The Labute approximate surface area is 139 Å². The minimum absolute atomic E-state index is 0.0875. The lowest BCUT2D eigenvalue weighted by Crippen LogP contribution is -2.42. The van der Waals surface area contributed by atoms with Crippen molar-refractivity contribution in [2.75, 3.05) is 23.1 Å². The van der Waals surface area contributed by atoms with E-state index in [1.807, 2.05) is 52.0 Å². The van der Waals surface area contributed by atoms with Crippen LogP contribution in [0.15, 0.2) is 24.3 Å². The monoisotopic (exact) mass is 340 g/mol. The lowest BCUT2D eigenvalue weighted by molar-refractivity contribution is 0.0122.